The number of hydrogen-bond acceptors (Lipinski definition) is 3. The molecule has 10 heavy (non-hydrogen) atoms. The standard InChI is InChI=1S/C4H11N.C2H8O2Si/c1-4(2)5-3;1-3-5-4-2/h4-5H,1-3H3;5H2,1-2H3. The summed E-state index contributed by atoms with van der Waals surface area (Å²) in [6.45, 7) is 4.22. The van der Waals surface area contributed by atoms with Crippen LogP contribution in [0.2, 0.25) is 0 Å². The van der Waals surface area contributed by atoms with E-state index in [4.69, 9.17) is 0 Å². The Morgan fingerprint density at radius 2 is 1.50 bits per heavy atom. The second-order valence-electron chi connectivity index (χ2n) is 2.14. The van der Waals surface area contributed by atoms with Gasteiger partial charge in [-0.25, -0.2) is 0 Å². The van der Waals surface area contributed by atoms with Crippen LogP contribution in [0.1, 0.15) is 13.8 Å². The van der Waals surface area contributed by atoms with Gasteiger partial charge in [0.05, 0.1) is 0 Å². The number of hydrogen-bond donors (Lipinski definition) is 1. The third kappa shape index (κ3) is 24.3. The SMILES string of the molecule is CNC(C)C.CO[SiH2]OC. The molecule has 0 bridgehead atoms. The van der Waals surface area contributed by atoms with E-state index >= 15 is 0 Å². The fourth-order valence-electron chi connectivity index (χ4n) is 0.118. The third-order valence-corrected chi connectivity index (χ3v) is 1.28. The second kappa shape index (κ2) is 11.8. The molecule has 0 atom stereocenters. The third-order valence-electron chi connectivity index (χ3n) is 0.813. The number of rotatable bonds is 3. The molecule has 0 amide bonds. The Hall–Kier alpha value is 0.0969. The lowest BCUT2D eigenvalue weighted by Crippen LogP contribution is -2.15. The Labute approximate surface area is 66.2 Å². The van der Waals surface area contributed by atoms with Crippen LogP contribution in [0.15, 0.2) is 0 Å². The topological polar surface area (TPSA) is 30.5 Å². The van der Waals surface area contributed by atoms with Crippen LogP contribution in [0.5, 0.6) is 0 Å². The summed E-state index contributed by atoms with van der Waals surface area (Å²) in [6, 6.07) is 0.634. The van der Waals surface area contributed by atoms with Crippen LogP contribution in [-0.2, 0) is 8.85 Å². The van der Waals surface area contributed by atoms with Crippen LogP contribution in [0.25, 0.3) is 0 Å². The molecule has 4 heteroatoms. The van der Waals surface area contributed by atoms with Crippen molar-refractivity contribution in [2.24, 2.45) is 0 Å². The Morgan fingerprint density at radius 3 is 1.50 bits per heavy atom. The molecular formula is C6H19NO2Si. The summed E-state index contributed by atoms with van der Waals surface area (Å²) >= 11 is 0. The highest BCUT2D eigenvalue weighted by Gasteiger charge is 1.76. The molecule has 0 unspecified atom stereocenters. The molecule has 0 saturated heterocycles. The zero-order valence-corrected chi connectivity index (χ0v) is 9.02. The maximum absolute atomic E-state index is 4.61. The molecule has 64 valence electrons. The summed E-state index contributed by atoms with van der Waals surface area (Å²) in [6.07, 6.45) is 0. The normalized spacial score (nSPS) is 9.00. The van der Waals surface area contributed by atoms with Crippen LogP contribution in [0, 0.1) is 0 Å². The molecule has 0 aromatic rings. The van der Waals surface area contributed by atoms with Gasteiger partial charge in [0.2, 0.25) is 0 Å². The van der Waals surface area contributed by atoms with Crippen molar-refractivity contribution in [2.75, 3.05) is 21.3 Å². The van der Waals surface area contributed by atoms with Gasteiger partial charge in [0.1, 0.15) is 0 Å². The van der Waals surface area contributed by atoms with E-state index < -0.39 is 10.0 Å². The molecule has 0 saturated carbocycles. The lowest BCUT2D eigenvalue weighted by Gasteiger charge is -1.95. The van der Waals surface area contributed by atoms with Crippen molar-refractivity contribution in [3.05, 3.63) is 0 Å². The predicted octanol–water partition coefficient (Wildman–Crippen LogP) is -0.108. The Balaban J connectivity index is 0. The summed E-state index contributed by atoms with van der Waals surface area (Å²) in [5, 5.41) is 3.03. The van der Waals surface area contributed by atoms with Crippen LogP contribution in [0.3, 0.4) is 0 Å². The van der Waals surface area contributed by atoms with Crippen LogP contribution >= 0.6 is 0 Å². The average molecular weight is 165 g/mol. The molecule has 0 aromatic heterocycles. The van der Waals surface area contributed by atoms with Gasteiger partial charge in [-0.2, -0.15) is 0 Å². The lowest BCUT2D eigenvalue weighted by atomic mass is 10.4. The zero-order chi connectivity index (χ0) is 8.41. The molecule has 0 radical (unpaired) electrons. The minimum atomic E-state index is -0.568. The van der Waals surface area contributed by atoms with E-state index in [-0.39, 0.29) is 0 Å². The first-order valence-corrected chi connectivity index (χ1v) is 4.49. The molecule has 0 aliphatic rings. The van der Waals surface area contributed by atoms with Crippen molar-refractivity contribution in [3.63, 3.8) is 0 Å². The molecule has 0 rings (SSSR count). The van der Waals surface area contributed by atoms with Crippen molar-refractivity contribution < 1.29 is 8.85 Å². The molecule has 0 spiro atoms. The van der Waals surface area contributed by atoms with Crippen molar-refractivity contribution in [1.29, 1.82) is 0 Å². The first kappa shape index (κ1) is 12.7. The van der Waals surface area contributed by atoms with Gasteiger partial charge in [-0.3, -0.25) is 0 Å². The molecule has 0 aliphatic carbocycles. The molecule has 0 aromatic carbocycles. The molecule has 0 fully saturated rings. The Bertz CT molecular complexity index is 51.0. The molecule has 1 N–H and O–H groups in total. The fourth-order valence-corrected chi connectivity index (χ4v) is 0.354. The summed E-state index contributed by atoms with van der Waals surface area (Å²) in [5.41, 5.74) is 0. The van der Waals surface area contributed by atoms with Gasteiger partial charge in [-0.05, 0) is 7.05 Å². The van der Waals surface area contributed by atoms with Crippen molar-refractivity contribution >= 4 is 10.0 Å². The molecule has 3 nitrogen and oxygen atoms in total. The van der Waals surface area contributed by atoms with E-state index in [0.29, 0.717) is 6.04 Å². The smallest absolute Gasteiger partial charge is 0.303 e. The lowest BCUT2D eigenvalue weighted by molar-refractivity contribution is 0.309. The van der Waals surface area contributed by atoms with Gasteiger partial charge in [-0.15, -0.1) is 0 Å². The highest BCUT2D eigenvalue weighted by molar-refractivity contribution is 6.17. The first-order chi connectivity index (χ1) is 4.68. The van der Waals surface area contributed by atoms with E-state index in [0.717, 1.165) is 0 Å². The summed E-state index contributed by atoms with van der Waals surface area (Å²) < 4.78 is 9.22. The second-order valence-corrected chi connectivity index (χ2v) is 3.53. The van der Waals surface area contributed by atoms with Crippen molar-refractivity contribution in [3.8, 4) is 0 Å². The van der Waals surface area contributed by atoms with Gasteiger partial charge in [0.25, 0.3) is 0 Å². The Morgan fingerprint density at radius 1 is 1.20 bits per heavy atom. The van der Waals surface area contributed by atoms with Crippen LogP contribution < -0.4 is 5.32 Å². The quantitative estimate of drug-likeness (QED) is 0.592. The maximum Gasteiger partial charge on any atom is 0.303 e. The monoisotopic (exact) mass is 165 g/mol. The minimum absolute atomic E-state index is 0.568. The predicted molar refractivity (Wildman–Crippen MR) is 46.8 cm³/mol. The summed E-state index contributed by atoms with van der Waals surface area (Å²) in [7, 11) is 4.68. The van der Waals surface area contributed by atoms with Crippen LogP contribution in [-0.4, -0.2) is 37.3 Å². The van der Waals surface area contributed by atoms with E-state index in [1.807, 2.05) is 7.05 Å². The van der Waals surface area contributed by atoms with Gasteiger partial charge in [0, 0.05) is 20.3 Å². The average Bonchev–Trinajstić information content (AvgIpc) is 1.91. The van der Waals surface area contributed by atoms with E-state index in [1.165, 1.54) is 0 Å². The zero-order valence-electron chi connectivity index (χ0n) is 7.60. The van der Waals surface area contributed by atoms with E-state index in [9.17, 15) is 0 Å². The maximum atomic E-state index is 4.61. The Kier molecular flexibility index (Phi) is 15.1. The summed E-state index contributed by atoms with van der Waals surface area (Å²) in [5.74, 6) is 0. The van der Waals surface area contributed by atoms with Crippen molar-refractivity contribution in [1.82, 2.24) is 5.32 Å². The highest BCUT2D eigenvalue weighted by atomic mass is 28.3. The largest absolute Gasteiger partial charge is 0.402 e. The first-order valence-electron chi connectivity index (χ1n) is 3.34. The van der Waals surface area contributed by atoms with Gasteiger partial charge in [0.15, 0.2) is 0 Å². The minimum Gasteiger partial charge on any atom is -0.402 e. The number of nitrogens with one attached hydrogen (secondary N) is 1. The van der Waals surface area contributed by atoms with E-state index in [2.05, 4.69) is 28.0 Å². The molecular weight excluding hydrogens is 146 g/mol. The molecule has 0 aliphatic heterocycles. The van der Waals surface area contributed by atoms with Crippen LogP contribution in [0.4, 0.5) is 0 Å². The van der Waals surface area contributed by atoms with Gasteiger partial charge in [-0.1, -0.05) is 13.8 Å². The van der Waals surface area contributed by atoms with Crippen molar-refractivity contribution in [2.45, 2.75) is 19.9 Å². The highest BCUT2D eigenvalue weighted by Crippen LogP contribution is 1.66. The van der Waals surface area contributed by atoms with E-state index in [1.54, 1.807) is 14.2 Å². The summed E-state index contributed by atoms with van der Waals surface area (Å²) in [4.78, 5) is 0. The van der Waals surface area contributed by atoms with Gasteiger partial charge >= 0.3 is 10.0 Å². The molecule has 0 heterocycles. The fraction of sp³-hybridized carbons (Fsp3) is 1.00. The van der Waals surface area contributed by atoms with Gasteiger partial charge < -0.3 is 14.2 Å².